The normalized spacial score (nSPS) is 18.5. The summed E-state index contributed by atoms with van der Waals surface area (Å²) in [5.41, 5.74) is 7.09. The van der Waals surface area contributed by atoms with E-state index in [0.717, 1.165) is 10.4 Å². The van der Waals surface area contributed by atoms with E-state index in [1.54, 1.807) is 0 Å². The molecule has 0 radical (unpaired) electrons. The molecule has 2 rings (SSSR count). The van der Waals surface area contributed by atoms with Crippen LogP contribution in [0.1, 0.15) is 44.2 Å². The molecule has 1 nitrogen and oxygen atoms in total. The highest BCUT2D eigenvalue weighted by Crippen LogP contribution is 2.33. The Labute approximate surface area is 117 Å². The van der Waals surface area contributed by atoms with Gasteiger partial charge in [-0.25, -0.2) is 0 Å². The van der Waals surface area contributed by atoms with Crippen molar-refractivity contribution in [2.75, 3.05) is 5.75 Å². The Morgan fingerprint density at radius 2 is 2.12 bits per heavy atom. The molecule has 1 aromatic carbocycles. The van der Waals surface area contributed by atoms with E-state index in [-0.39, 0.29) is 6.04 Å². The first-order chi connectivity index (χ1) is 8.16. The maximum atomic E-state index is 5.90. The Balaban J connectivity index is 1.94. The highest BCUT2D eigenvalue weighted by atomic mass is 79.9. The first kappa shape index (κ1) is 13.4. The molecule has 1 aromatic rings. The summed E-state index contributed by atoms with van der Waals surface area (Å²) in [5, 5.41) is 0. The quantitative estimate of drug-likeness (QED) is 0.812. The lowest BCUT2D eigenvalue weighted by Gasteiger charge is -2.12. The van der Waals surface area contributed by atoms with Crippen LogP contribution in [-0.2, 0) is 0 Å². The third kappa shape index (κ3) is 3.73. The van der Waals surface area contributed by atoms with Gasteiger partial charge in [0.1, 0.15) is 0 Å². The summed E-state index contributed by atoms with van der Waals surface area (Å²) < 4.78 is 1.14. The van der Waals surface area contributed by atoms with E-state index < -0.39 is 0 Å². The smallest absolute Gasteiger partial charge is 0.0277 e. The van der Waals surface area contributed by atoms with Crippen LogP contribution in [-0.4, -0.2) is 5.75 Å². The van der Waals surface area contributed by atoms with Crippen molar-refractivity contribution in [2.24, 2.45) is 11.7 Å². The van der Waals surface area contributed by atoms with Crippen LogP contribution in [0.3, 0.4) is 0 Å². The molecule has 0 heterocycles. The van der Waals surface area contributed by atoms with Crippen LogP contribution in [0.5, 0.6) is 0 Å². The van der Waals surface area contributed by atoms with Crippen molar-refractivity contribution in [3.05, 3.63) is 28.2 Å². The highest BCUT2D eigenvalue weighted by molar-refractivity contribution is 9.10. The second-order valence-corrected chi connectivity index (χ2v) is 6.88. The molecule has 0 unspecified atom stereocenters. The fourth-order valence-corrected chi connectivity index (χ4v) is 4.38. The van der Waals surface area contributed by atoms with E-state index in [4.69, 9.17) is 5.73 Å². The van der Waals surface area contributed by atoms with Gasteiger partial charge in [0.2, 0.25) is 0 Å². The molecule has 0 saturated heterocycles. The Hall–Kier alpha value is 0.01000. The second kappa shape index (κ2) is 6.26. The van der Waals surface area contributed by atoms with Crippen molar-refractivity contribution in [3.8, 4) is 0 Å². The number of rotatable bonds is 4. The molecule has 0 spiro atoms. The largest absolute Gasteiger partial charge is 0.324 e. The minimum absolute atomic E-state index is 0.0956. The van der Waals surface area contributed by atoms with Crippen LogP contribution < -0.4 is 5.73 Å². The van der Waals surface area contributed by atoms with Gasteiger partial charge >= 0.3 is 0 Å². The summed E-state index contributed by atoms with van der Waals surface area (Å²) in [7, 11) is 0. The van der Waals surface area contributed by atoms with Crippen molar-refractivity contribution in [3.63, 3.8) is 0 Å². The van der Waals surface area contributed by atoms with Gasteiger partial charge in [-0.3, -0.25) is 0 Å². The summed E-state index contributed by atoms with van der Waals surface area (Å²) >= 11 is 5.59. The lowest BCUT2D eigenvalue weighted by Crippen LogP contribution is -2.05. The van der Waals surface area contributed by atoms with E-state index in [2.05, 4.69) is 34.1 Å². The van der Waals surface area contributed by atoms with Crippen LogP contribution in [0, 0.1) is 5.92 Å². The highest BCUT2D eigenvalue weighted by Gasteiger charge is 2.15. The van der Waals surface area contributed by atoms with Crippen molar-refractivity contribution in [1.29, 1.82) is 0 Å². The van der Waals surface area contributed by atoms with Gasteiger partial charge in [-0.05, 0) is 43.4 Å². The number of hydrogen-bond donors (Lipinski definition) is 1. The van der Waals surface area contributed by atoms with Crippen molar-refractivity contribution >= 4 is 27.7 Å². The lowest BCUT2D eigenvalue weighted by molar-refractivity contribution is 0.623. The average Bonchev–Trinajstić information content (AvgIpc) is 2.78. The molecule has 1 aliphatic carbocycles. The number of halogens is 1. The van der Waals surface area contributed by atoms with Gasteiger partial charge in [-0.2, -0.15) is 0 Å². The summed E-state index contributed by atoms with van der Waals surface area (Å²) in [6.07, 6.45) is 5.70. The third-order valence-electron chi connectivity index (χ3n) is 3.42. The molecule has 1 aliphatic rings. The topological polar surface area (TPSA) is 26.0 Å². The van der Waals surface area contributed by atoms with Crippen molar-refractivity contribution < 1.29 is 0 Å². The van der Waals surface area contributed by atoms with Crippen molar-refractivity contribution in [1.82, 2.24) is 0 Å². The maximum Gasteiger partial charge on any atom is 0.0277 e. The SMILES string of the molecule is C[C@@H](N)c1ccc(SCC2CCCC2)cc1Br. The number of hydrogen-bond acceptors (Lipinski definition) is 2. The molecule has 0 aliphatic heterocycles. The maximum absolute atomic E-state index is 5.90. The van der Waals surface area contributed by atoms with E-state index >= 15 is 0 Å². The lowest BCUT2D eigenvalue weighted by atomic mass is 10.1. The predicted molar refractivity (Wildman–Crippen MR) is 79.4 cm³/mol. The molecule has 1 saturated carbocycles. The van der Waals surface area contributed by atoms with Crippen LogP contribution in [0.25, 0.3) is 0 Å². The fraction of sp³-hybridized carbons (Fsp3) is 0.571. The van der Waals surface area contributed by atoms with Gasteiger partial charge in [0.15, 0.2) is 0 Å². The number of nitrogens with two attached hydrogens (primary N) is 1. The minimum atomic E-state index is 0.0956. The standard InChI is InChI=1S/C14H20BrNS/c1-10(16)13-7-6-12(8-14(13)15)17-9-11-4-2-3-5-11/h6-8,10-11H,2-5,9,16H2,1H3/t10-/m1/s1. The second-order valence-electron chi connectivity index (χ2n) is 4.93. The van der Waals surface area contributed by atoms with Gasteiger partial charge < -0.3 is 5.73 Å². The van der Waals surface area contributed by atoms with Crippen LogP contribution in [0.4, 0.5) is 0 Å². The number of benzene rings is 1. The molecule has 1 fully saturated rings. The average molecular weight is 314 g/mol. The molecule has 0 aromatic heterocycles. The molecule has 1 atom stereocenters. The Morgan fingerprint density at radius 1 is 1.41 bits per heavy atom. The van der Waals surface area contributed by atoms with E-state index in [1.165, 1.54) is 41.9 Å². The molecule has 94 valence electrons. The molecule has 2 N–H and O–H groups in total. The molecular formula is C14H20BrNS. The zero-order valence-electron chi connectivity index (χ0n) is 10.3. The monoisotopic (exact) mass is 313 g/mol. The van der Waals surface area contributed by atoms with Crippen LogP contribution >= 0.6 is 27.7 Å². The molecule has 17 heavy (non-hydrogen) atoms. The van der Waals surface area contributed by atoms with Gasteiger partial charge in [-0.1, -0.05) is 34.8 Å². The van der Waals surface area contributed by atoms with E-state index in [0.29, 0.717) is 0 Å². The summed E-state index contributed by atoms with van der Waals surface area (Å²) in [6.45, 7) is 2.02. The molecule has 0 bridgehead atoms. The molecular weight excluding hydrogens is 294 g/mol. The zero-order chi connectivity index (χ0) is 12.3. The predicted octanol–water partition coefficient (Wildman–Crippen LogP) is 4.75. The van der Waals surface area contributed by atoms with Gasteiger partial charge in [0, 0.05) is 21.2 Å². The van der Waals surface area contributed by atoms with E-state index in [9.17, 15) is 0 Å². The summed E-state index contributed by atoms with van der Waals surface area (Å²) in [5.74, 6) is 2.20. The van der Waals surface area contributed by atoms with Gasteiger partial charge in [0.05, 0.1) is 0 Å². The van der Waals surface area contributed by atoms with Crippen LogP contribution in [0.15, 0.2) is 27.6 Å². The Kier molecular flexibility index (Phi) is 4.95. The Morgan fingerprint density at radius 3 is 2.71 bits per heavy atom. The Bertz CT molecular complexity index is 372. The first-order valence-corrected chi connectivity index (χ1v) is 8.12. The number of thioether (sulfide) groups is 1. The van der Waals surface area contributed by atoms with Gasteiger partial charge in [-0.15, -0.1) is 11.8 Å². The summed E-state index contributed by atoms with van der Waals surface area (Å²) in [4.78, 5) is 1.35. The third-order valence-corrected chi connectivity index (χ3v) is 5.34. The molecule has 3 heteroatoms. The molecule has 0 amide bonds. The zero-order valence-corrected chi connectivity index (χ0v) is 12.7. The van der Waals surface area contributed by atoms with E-state index in [1.807, 2.05) is 18.7 Å². The first-order valence-electron chi connectivity index (χ1n) is 6.34. The fourth-order valence-electron chi connectivity index (χ4n) is 2.36. The van der Waals surface area contributed by atoms with Gasteiger partial charge in [0.25, 0.3) is 0 Å². The minimum Gasteiger partial charge on any atom is -0.324 e. The van der Waals surface area contributed by atoms with Crippen molar-refractivity contribution in [2.45, 2.75) is 43.5 Å². The summed E-state index contributed by atoms with van der Waals surface area (Å²) in [6, 6.07) is 6.64. The van der Waals surface area contributed by atoms with Crippen LogP contribution in [0.2, 0.25) is 0 Å².